The molecule has 5 aliphatic rings. The first-order valence-electron chi connectivity index (χ1n) is 7.20. The molecule has 18 heavy (non-hydrogen) atoms. The van der Waals surface area contributed by atoms with Crippen molar-refractivity contribution in [3.8, 4) is 0 Å². The first-order valence-corrected chi connectivity index (χ1v) is 7.20. The normalized spacial score (nSPS) is 58.4. The van der Waals surface area contributed by atoms with Crippen molar-refractivity contribution in [2.75, 3.05) is 0 Å². The number of hydrogen-bond acceptors (Lipinski definition) is 2. The minimum Gasteiger partial charge on any atom is -0.299 e. The standard InChI is InChI=1S/C16H16O2/c17-15-11-7-1-2-8(5-7)12(11)16(18)14-10-4-3-9(6-10)13(14)15/h1-4,7-14H,5-6H2/t7-,8-,9+,10+,11-,12-,13-,14+/m1/s1. The zero-order chi connectivity index (χ0) is 12.0. The summed E-state index contributed by atoms with van der Waals surface area (Å²) in [7, 11) is 0. The molecule has 0 radical (unpaired) electrons. The number of carbonyl (C=O) groups excluding carboxylic acids is 2. The number of carbonyl (C=O) groups is 2. The molecule has 2 heteroatoms. The molecule has 0 aliphatic heterocycles. The van der Waals surface area contributed by atoms with Gasteiger partial charge in [-0.15, -0.1) is 0 Å². The molecule has 92 valence electrons. The largest absolute Gasteiger partial charge is 0.299 e. The molecule has 2 nitrogen and oxygen atoms in total. The van der Waals surface area contributed by atoms with Crippen LogP contribution in [-0.4, -0.2) is 11.6 Å². The van der Waals surface area contributed by atoms with Crippen LogP contribution in [0.2, 0.25) is 0 Å². The van der Waals surface area contributed by atoms with Crippen LogP contribution in [0.15, 0.2) is 24.3 Å². The molecule has 0 spiro atoms. The van der Waals surface area contributed by atoms with E-state index in [9.17, 15) is 9.59 Å². The Labute approximate surface area is 106 Å². The molecular formula is C16H16O2. The molecule has 0 N–H and O–H groups in total. The van der Waals surface area contributed by atoms with Gasteiger partial charge in [-0.1, -0.05) is 24.3 Å². The lowest BCUT2D eigenvalue weighted by Crippen LogP contribution is -2.50. The highest BCUT2D eigenvalue weighted by Gasteiger charge is 2.63. The number of Topliss-reactive ketones (excluding diaryl/α,β-unsaturated/α-hetero) is 2. The van der Waals surface area contributed by atoms with Gasteiger partial charge in [-0.2, -0.15) is 0 Å². The van der Waals surface area contributed by atoms with E-state index in [1.165, 1.54) is 0 Å². The minimum atomic E-state index is 0.0431. The van der Waals surface area contributed by atoms with Crippen molar-refractivity contribution in [3.05, 3.63) is 24.3 Å². The Morgan fingerprint density at radius 3 is 1.17 bits per heavy atom. The lowest BCUT2D eigenvalue weighted by atomic mass is 9.60. The highest BCUT2D eigenvalue weighted by Crippen LogP contribution is 2.60. The number of allylic oxidation sites excluding steroid dienone is 4. The predicted octanol–water partition coefficient (Wildman–Crippen LogP) is 2.01. The zero-order valence-electron chi connectivity index (χ0n) is 10.2. The molecule has 4 bridgehead atoms. The molecule has 0 aromatic carbocycles. The Kier molecular flexibility index (Phi) is 1.55. The van der Waals surface area contributed by atoms with E-state index < -0.39 is 0 Å². The third-order valence-electron chi connectivity index (χ3n) is 6.23. The van der Waals surface area contributed by atoms with E-state index in [1.807, 2.05) is 0 Å². The summed E-state index contributed by atoms with van der Waals surface area (Å²) in [6.07, 6.45) is 10.9. The van der Waals surface area contributed by atoms with Crippen molar-refractivity contribution in [2.24, 2.45) is 47.3 Å². The van der Waals surface area contributed by atoms with Crippen LogP contribution in [0.3, 0.4) is 0 Å². The smallest absolute Gasteiger partial charge is 0.141 e. The van der Waals surface area contributed by atoms with Crippen molar-refractivity contribution in [1.29, 1.82) is 0 Å². The molecule has 5 rings (SSSR count). The van der Waals surface area contributed by atoms with Gasteiger partial charge in [0.1, 0.15) is 11.6 Å². The Hall–Kier alpha value is -1.18. The zero-order valence-corrected chi connectivity index (χ0v) is 10.2. The molecule has 0 unspecified atom stereocenters. The maximum Gasteiger partial charge on any atom is 0.141 e. The number of fused-ring (bicyclic) bond motifs is 10. The summed E-state index contributed by atoms with van der Waals surface area (Å²) in [6, 6.07) is 0. The van der Waals surface area contributed by atoms with Crippen molar-refractivity contribution >= 4 is 11.6 Å². The Balaban J connectivity index is 1.65. The van der Waals surface area contributed by atoms with Gasteiger partial charge in [0.2, 0.25) is 0 Å². The second-order valence-electron chi connectivity index (χ2n) is 6.80. The van der Waals surface area contributed by atoms with Crippen LogP contribution < -0.4 is 0 Å². The molecule has 0 amide bonds. The fourth-order valence-corrected chi connectivity index (χ4v) is 5.64. The molecule has 0 saturated heterocycles. The highest BCUT2D eigenvalue weighted by atomic mass is 16.1. The average Bonchev–Trinajstić information content (AvgIpc) is 3.10. The predicted molar refractivity (Wildman–Crippen MR) is 65.4 cm³/mol. The van der Waals surface area contributed by atoms with Crippen LogP contribution in [0.1, 0.15) is 12.8 Å². The summed E-state index contributed by atoms with van der Waals surface area (Å²) in [4.78, 5) is 25.6. The highest BCUT2D eigenvalue weighted by molar-refractivity contribution is 6.02. The van der Waals surface area contributed by atoms with Crippen molar-refractivity contribution in [3.63, 3.8) is 0 Å². The quantitative estimate of drug-likeness (QED) is 0.607. The van der Waals surface area contributed by atoms with Crippen LogP contribution in [-0.2, 0) is 9.59 Å². The number of hydrogen-bond donors (Lipinski definition) is 0. The van der Waals surface area contributed by atoms with Crippen LogP contribution in [0, 0.1) is 47.3 Å². The van der Waals surface area contributed by atoms with Gasteiger partial charge in [-0.25, -0.2) is 0 Å². The van der Waals surface area contributed by atoms with E-state index in [4.69, 9.17) is 0 Å². The van der Waals surface area contributed by atoms with Crippen molar-refractivity contribution in [1.82, 2.24) is 0 Å². The lowest BCUT2D eigenvalue weighted by Gasteiger charge is -2.40. The first kappa shape index (κ1) is 9.71. The summed E-state index contributed by atoms with van der Waals surface area (Å²) in [5.74, 6) is 2.53. The monoisotopic (exact) mass is 240 g/mol. The van der Waals surface area contributed by atoms with Gasteiger partial charge in [0, 0.05) is 23.7 Å². The van der Waals surface area contributed by atoms with Crippen LogP contribution in [0.4, 0.5) is 0 Å². The van der Waals surface area contributed by atoms with Crippen LogP contribution >= 0.6 is 0 Å². The topological polar surface area (TPSA) is 34.1 Å². The molecule has 0 aromatic rings. The molecule has 0 heterocycles. The van der Waals surface area contributed by atoms with Gasteiger partial charge < -0.3 is 0 Å². The summed E-state index contributed by atoms with van der Waals surface area (Å²) in [5, 5.41) is 0. The summed E-state index contributed by atoms with van der Waals surface area (Å²) in [6.45, 7) is 0. The fourth-order valence-electron chi connectivity index (χ4n) is 5.64. The fraction of sp³-hybridized carbons (Fsp3) is 0.625. The van der Waals surface area contributed by atoms with Crippen LogP contribution in [0.5, 0.6) is 0 Å². The summed E-state index contributed by atoms with van der Waals surface area (Å²) >= 11 is 0. The third-order valence-corrected chi connectivity index (χ3v) is 6.23. The summed E-state index contributed by atoms with van der Waals surface area (Å²) < 4.78 is 0. The molecule has 3 saturated carbocycles. The first-order chi connectivity index (χ1) is 8.75. The average molecular weight is 240 g/mol. The summed E-state index contributed by atoms with van der Waals surface area (Å²) in [5.41, 5.74) is 0. The van der Waals surface area contributed by atoms with Crippen molar-refractivity contribution in [2.45, 2.75) is 12.8 Å². The Morgan fingerprint density at radius 2 is 0.889 bits per heavy atom. The van der Waals surface area contributed by atoms with E-state index in [0.29, 0.717) is 35.2 Å². The molecule has 3 fully saturated rings. The SMILES string of the molecule is O=C1[C@@H]2[C@H](C(=O)[C@H]3[C@H]1[C@@H]1C=C[C@@H]3C1)[C@H]1C=C[C@H]2C1. The maximum atomic E-state index is 12.8. The Bertz CT molecular complexity index is 441. The molecular weight excluding hydrogens is 224 g/mol. The maximum absolute atomic E-state index is 12.8. The van der Waals surface area contributed by atoms with Crippen molar-refractivity contribution < 1.29 is 9.59 Å². The minimum absolute atomic E-state index is 0.0431. The van der Waals surface area contributed by atoms with Gasteiger partial charge in [-0.05, 0) is 36.5 Å². The van der Waals surface area contributed by atoms with E-state index in [-0.39, 0.29) is 23.7 Å². The van der Waals surface area contributed by atoms with E-state index in [2.05, 4.69) is 24.3 Å². The second kappa shape index (κ2) is 2.87. The number of rotatable bonds is 0. The van der Waals surface area contributed by atoms with E-state index >= 15 is 0 Å². The molecule has 5 aliphatic carbocycles. The van der Waals surface area contributed by atoms with E-state index in [0.717, 1.165) is 12.8 Å². The Morgan fingerprint density at radius 1 is 0.611 bits per heavy atom. The van der Waals surface area contributed by atoms with Gasteiger partial charge >= 0.3 is 0 Å². The van der Waals surface area contributed by atoms with Gasteiger partial charge in [0.15, 0.2) is 0 Å². The third kappa shape index (κ3) is 0.877. The molecule has 8 atom stereocenters. The lowest BCUT2D eigenvalue weighted by molar-refractivity contribution is -0.148. The van der Waals surface area contributed by atoms with Gasteiger partial charge in [0.25, 0.3) is 0 Å². The number of ketones is 2. The van der Waals surface area contributed by atoms with E-state index in [1.54, 1.807) is 0 Å². The van der Waals surface area contributed by atoms with Crippen LogP contribution in [0.25, 0.3) is 0 Å². The molecule has 0 aromatic heterocycles. The van der Waals surface area contributed by atoms with Gasteiger partial charge in [-0.3, -0.25) is 9.59 Å². The van der Waals surface area contributed by atoms with Gasteiger partial charge in [0.05, 0.1) is 0 Å². The second-order valence-corrected chi connectivity index (χ2v) is 6.80.